The monoisotopic (exact) mass is 500 g/mol. The van der Waals surface area contributed by atoms with Gasteiger partial charge in [-0.3, -0.25) is 9.89 Å². The van der Waals surface area contributed by atoms with Crippen molar-refractivity contribution in [3.05, 3.63) is 35.6 Å². The van der Waals surface area contributed by atoms with Crippen LogP contribution >= 0.6 is 24.0 Å². The van der Waals surface area contributed by atoms with Crippen LogP contribution in [0.4, 0.5) is 0 Å². The molecule has 6 nitrogen and oxygen atoms in total. The molecule has 7 heteroatoms. The van der Waals surface area contributed by atoms with Gasteiger partial charge in [-0.1, -0.05) is 32.0 Å². The number of hydrogen-bond acceptors (Lipinski definition) is 4. The molecule has 1 aliphatic heterocycles. The summed E-state index contributed by atoms with van der Waals surface area (Å²) in [5, 5.41) is 8.04. The van der Waals surface area contributed by atoms with E-state index >= 15 is 0 Å². The topological polar surface area (TPSA) is 62.0 Å². The maximum absolute atomic E-state index is 5.99. The van der Waals surface area contributed by atoms with E-state index in [4.69, 9.17) is 9.15 Å². The second kappa shape index (κ2) is 11.0. The van der Waals surface area contributed by atoms with Gasteiger partial charge >= 0.3 is 0 Å². The lowest BCUT2D eigenvalue weighted by Crippen LogP contribution is -2.52. The van der Waals surface area contributed by atoms with E-state index in [2.05, 4.69) is 47.4 Å². The van der Waals surface area contributed by atoms with Gasteiger partial charge in [0, 0.05) is 43.7 Å². The zero-order chi connectivity index (χ0) is 19.2. The molecule has 156 valence electrons. The summed E-state index contributed by atoms with van der Waals surface area (Å²) >= 11 is 0. The number of rotatable bonds is 6. The van der Waals surface area contributed by atoms with Crippen molar-refractivity contribution < 1.29 is 9.15 Å². The molecule has 28 heavy (non-hydrogen) atoms. The fourth-order valence-corrected chi connectivity index (χ4v) is 3.68. The predicted octanol–water partition coefficient (Wildman–Crippen LogP) is 3.38. The van der Waals surface area contributed by atoms with Crippen molar-refractivity contribution in [1.29, 1.82) is 0 Å². The smallest absolute Gasteiger partial charge is 0.191 e. The zero-order valence-electron chi connectivity index (χ0n) is 17.3. The molecule has 0 spiro atoms. The van der Waals surface area contributed by atoms with E-state index in [-0.39, 0.29) is 24.0 Å². The number of para-hydroxylation sites is 1. The second-order valence-electron chi connectivity index (χ2n) is 7.41. The minimum absolute atomic E-state index is 0. The number of aliphatic imine (C=N–C) groups is 1. The van der Waals surface area contributed by atoms with Crippen LogP contribution in [0.3, 0.4) is 0 Å². The zero-order valence-corrected chi connectivity index (χ0v) is 19.7. The Morgan fingerprint density at radius 2 is 1.89 bits per heavy atom. The molecule has 1 atom stereocenters. The first-order chi connectivity index (χ1) is 13.1. The fraction of sp³-hybridized carbons (Fsp3) is 0.571. The van der Waals surface area contributed by atoms with Gasteiger partial charge in [-0.15, -0.1) is 24.0 Å². The minimum Gasteiger partial charge on any atom is -0.459 e. The largest absolute Gasteiger partial charge is 0.459 e. The van der Waals surface area contributed by atoms with Crippen LogP contribution in [0.5, 0.6) is 0 Å². The van der Waals surface area contributed by atoms with Gasteiger partial charge < -0.3 is 19.8 Å². The first-order valence-corrected chi connectivity index (χ1v) is 9.83. The summed E-state index contributed by atoms with van der Waals surface area (Å²) in [5.41, 5.74) is 2.11. The molecule has 0 saturated carbocycles. The summed E-state index contributed by atoms with van der Waals surface area (Å²) in [6, 6.07) is 8.61. The molecular formula is C21H33IN4O2. The average Bonchev–Trinajstić information content (AvgIpc) is 3.01. The molecule has 1 aromatic carbocycles. The van der Waals surface area contributed by atoms with Gasteiger partial charge in [0.2, 0.25) is 0 Å². The van der Waals surface area contributed by atoms with Gasteiger partial charge in [-0.25, -0.2) is 0 Å². The van der Waals surface area contributed by atoms with Crippen LogP contribution in [-0.2, 0) is 11.3 Å². The summed E-state index contributed by atoms with van der Waals surface area (Å²) in [7, 11) is 1.81. The Labute approximate surface area is 185 Å². The lowest BCUT2D eigenvalue weighted by atomic mass is 10.0. The van der Waals surface area contributed by atoms with Gasteiger partial charge in [0.25, 0.3) is 0 Å². The molecule has 0 radical (unpaired) electrons. The summed E-state index contributed by atoms with van der Waals surface area (Å²) in [4.78, 5) is 6.88. The highest BCUT2D eigenvalue weighted by Crippen LogP contribution is 2.24. The van der Waals surface area contributed by atoms with Gasteiger partial charge in [-0.2, -0.15) is 0 Å². The Hall–Kier alpha value is -1.32. The molecule has 2 N–H and O–H groups in total. The maximum atomic E-state index is 5.99. The van der Waals surface area contributed by atoms with Crippen LogP contribution < -0.4 is 10.6 Å². The van der Waals surface area contributed by atoms with Crippen LogP contribution in [0.2, 0.25) is 0 Å². The number of ether oxygens (including phenoxy) is 1. The standard InChI is InChI=1S/C21H32N4O2.HI/c1-15(2)18(25-9-11-26-12-10-25)13-23-21(22-4)24-14-20-16(3)17-7-5-6-8-19(17)27-20;/h5-8,15,18H,9-14H2,1-4H3,(H2,22,23,24);1H. The summed E-state index contributed by atoms with van der Waals surface area (Å²) in [6.07, 6.45) is 0. The van der Waals surface area contributed by atoms with Crippen molar-refractivity contribution in [3.8, 4) is 0 Å². The van der Waals surface area contributed by atoms with Crippen molar-refractivity contribution in [2.75, 3.05) is 39.9 Å². The van der Waals surface area contributed by atoms with Crippen LogP contribution in [0.25, 0.3) is 11.0 Å². The molecule has 0 aliphatic carbocycles. The van der Waals surface area contributed by atoms with E-state index < -0.39 is 0 Å². The first kappa shape index (κ1) is 23.0. The first-order valence-electron chi connectivity index (χ1n) is 9.83. The lowest BCUT2D eigenvalue weighted by molar-refractivity contribution is 0.00752. The number of fused-ring (bicyclic) bond motifs is 1. The van der Waals surface area contributed by atoms with E-state index in [1.54, 1.807) is 7.05 Å². The molecule has 2 heterocycles. The number of guanidine groups is 1. The molecule has 1 saturated heterocycles. The lowest BCUT2D eigenvalue weighted by Gasteiger charge is -2.37. The third-order valence-electron chi connectivity index (χ3n) is 5.35. The Morgan fingerprint density at radius 1 is 1.18 bits per heavy atom. The number of halogens is 1. The minimum atomic E-state index is 0. The Kier molecular flexibility index (Phi) is 9.04. The summed E-state index contributed by atoms with van der Waals surface area (Å²) in [6.45, 7) is 11.8. The second-order valence-corrected chi connectivity index (χ2v) is 7.41. The van der Waals surface area contributed by atoms with Crippen LogP contribution in [-0.4, -0.2) is 56.8 Å². The van der Waals surface area contributed by atoms with Crippen molar-refractivity contribution in [2.24, 2.45) is 10.9 Å². The normalized spacial score (nSPS) is 16.8. The van der Waals surface area contributed by atoms with E-state index in [0.717, 1.165) is 50.2 Å². The van der Waals surface area contributed by atoms with Crippen LogP contribution in [0, 0.1) is 12.8 Å². The van der Waals surface area contributed by atoms with E-state index in [9.17, 15) is 0 Å². The van der Waals surface area contributed by atoms with Crippen molar-refractivity contribution >= 4 is 40.9 Å². The number of nitrogens with one attached hydrogen (secondary N) is 2. The molecular weight excluding hydrogens is 467 g/mol. The number of aryl methyl sites for hydroxylation is 1. The van der Waals surface area contributed by atoms with Gasteiger partial charge in [0.1, 0.15) is 11.3 Å². The number of morpholine rings is 1. The highest BCUT2D eigenvalue weighted by Gasteiger charge is 2.24. The van der Waals surface area contributed by atoms with Gasteiger partial charge in [0.05, 0.1) is 19.8 Å². The molecule has 0 amide bonds. The molecule has 1 fully saturated rings. The number of benzene rings is 1. The van der Waals surface area contributed by atoms with E-state index in [1.807, 2.05) is 18.2 Å². The predicted molar refractivity (Wildman–Crippen MR) is 126 cm³/mol. The van der Waals surface area contributed by atoms with Crippen molar-refractivity contribution in [3.63, 3.8) is 0 Å². The highest BCUT2D eigenvalue weighted by atomic mass is 127. The van der Waals surface area contributed by atoms with Crippen molar-refractivity contribution in [1.82, 2.24) is 15.5 Å². The Bertz CT molecular complexity index is 769. The van der Waals surface area contributed by atoms with Crippen molar-refractivity contribution in [2.45, 2.75) is 33.4 Å². The molecule has 0 bridgehead atoms. The molecule has 1 aromatic heterocycles. The highest BCUT2D eigenvalue weighted by molar-refractivity contribution is 14.0. The third-order valence-corrected chi connectivity index (χ3v) is 5.35. The average molecular weight is 500 g/mol. The van der Waals surface area contributed by atoms with Gasteiger partial charge in [-0.05, 0) is 18.9 Å². The molecule has 1 unspecified atom stereocenters. The van der Waals surface area contributed by atoms with Crippen LogP contribution in [0.15, 0.2) is 33.7 Å². The summed E-state index contributed by atoms with van der Waals surface area (Å²) in [5.74, 6) is 2.31. The fourth-order valence-electron chi connectivity index (χ4n) is 3.68. The summed E-state index contributed by atoms with van der Waals surface area (Å²) < 4.78 is 11.5. The molecule has 2 aromatic rings. The SMILES string of the molecule is CN=C(NCc1oc2ccccc2c1C)NCC(C(C)C)N1CCOCC1.I. The number of hydrogen-bond donors (Lipinski definition) is 2. The maximum Gasteiger partial charge on any atom is 0.191 e. The molecule has 3 rings (SSSR count). The van der Waals surface area contributed by atoms with Crippen LogP contribution in [0.1, 0.15) is 25.2 Å². The Balaban J connectivity index is 0.00000280. The number of furan rings is 1. The quantitative estimate of drug-likeness (QED) is 0.362. The van der Waals surface area contributed by atoms with E-state index in [1.165, 1.54) is 10.9 Å². The van der Waals surface area contributed by atoms with E-state index in [0.29, 0.717) is 18.5 Å². The van der Waals surface area contributed by atoms with Gasteiger partial charge in [0.15, 0.2) is 5.96 Å². The molecule has 1 aliphatic rings. The third kappa shape index (κ3) is 5.61. The Morgan fingerprint density at radius 3 is 2.54 bits per heavy atom. The number of nitrogens with zero attached hydrogens (tertiary/aromatic N) is 2.